The molecule has 1 atom stereocenters. The van der Waals surface area contributed by atoms with Crippen molar-refractivity contribution in [2.24, 2.45) is 5.92 Å². The number of alkyl carbamates (subject to hydrolysis) is 1. The quantitative estimate of drug-likeness (QED) is 0.751. The first kappa shape index (κ1) is 18.7. The highest BCUT2D eigenvalue weighted by molar-refractivity contribution is 5.86. The summed E-state index contributed by atoms with van der Waals surface area (Å²) in [4.78, 5) is 26.4. The van der Waals surface area contributed by atoms with Crippen LogP contribution in [0.25, 0.3) is 0 Å². The number of carbonyl (C=O) groups excluding carboxylic acids is 2. The van der Waals surface area contributed by atoms with Gasteiger partial charge in [-0.1, -0.05) is 20.8 Å². The molecule has 0 spiro atoms. The lowest BCUT2D eigenvalue weighted by molar-refractivity contribution is -0.125. The molecule has 6 nitrogen and oxygen atoms in total. The number of carbonyl (C=O) groups is 2. The SMILES string of the molecule is CCCN1CCC(NC(=O)C(NC(=O)OCC)C(C)C)CC1. The van der Waals surface area contributed by atoms with E-state index >= 15 is 0 Å². The number of amides is 2. The first-order chi connectivity index (χ1) is 10.5. The molecule has 0 aliphatic carbocycles. The van der Waals surface area contributed by atoms with Gasteiger partial charge in [0.25, 0.3) is 0 Å². The van der Waals surface area contributed by atoms with E-state index in [9.17, 15) is 9.59 Å². The Balaban J connectivity index is 2.45. The summed E-state index contributed by atoms with van der Waals surface area (Å²) < 4.78 is 4.87. The van der Waals surface area contributed by atoms with E-state index in [4.69, 9.17) is 4.74 Å². The van der Waals surface area contributed by atoms with Crippen LogP contribution in [-0.2, 0) is 9.53 Å². The van der Waals surface area contributed by atoms with E-state index in [2.05, 4.69) is 22.5 Å². The van der Waals surface area contributed by atoms with Gasteiger partial charge in [0.1, 0.15) is 6.04 Å². The van der Waals surface area contributed by atoms with Crippen molar-refractivity contribution in [3.05, 3.63) is 0 Å². The van der Waals surface area contributed by atoms with Crippen molar-refractivity contribution < 1.29 is 14.3 Å². The highest BCUT2D eigenvalue weighted by Crippen LogP contribution is 2.12. The lowest BCUT2D eigenvalue weighted by Crippen LogP contribution is -2.54. The maximum Gasteiger partial charge on any atom is 0.407 e. The van der Waals surface area contributed by atoms with Gasteiger partial charge in [0.15, 0.2) is 0 Å². The molecule has 6 heteroatoms. The largest absolute Gasteiger partial charge is 0.450 e. The minimum absolute atomic E-state index is 0.0181. The molecule has 0 radical (unpaired) electrons. The smallest absolute Gasteiger partial charge is 0.407 e. The molecule has 1 unspecified atom stereocenters. The lowest BCUT2D eigenvalue weighted by Gasteiger charge is -2.33. The molecule has 1 rings (SSSR count). The van der Waals surface area contributed by atoms with E-state index in [1.54, 1.807) is 6.92 Å². The predicted molar refractivity (Wildman–Crippen MR) is 86.7 cm³/mol. The van der Waals surface area contributed by atoms with Gasteiger partial charge in [-0.25, -0.2) is 4.79 Å². The second-order valence-electron chi connectivity index (χ2n) is 6.21. The van der Waals surface area contributed by atoms with Crippen molar-refractivity contribution in [1.82, 2.24) is 15.5 Å². The summed E-state index contributed by atoms with van der Waals surface area (Å²) in [7, 11) is 0. The molecule has 0 saturated carbocycles. The van der Waals surface area contributed by atoms with Crippen molar-refractivity contribution in [1.29, 1.82) is 0 Å². The Labute approximate surface area is 134 Å². The number of likely N-dealkylation sites (tertiary alicyclic amines) is 1. The fraction of sp³-hybridized carbons (Fsp3) is 0.875. The summed E-state index contributed by atoms with van der Waals surface area (Å²) in [6, 6.07) is -0.349. The Kier molecular flexibility index (Phi) is 8.24. The molecule has 0 aromatic heterocycles. The number of hydrogen-bond acceptors (Lipinski definition) is 4. The van der Waals surface area contributed by atoms with Crippen molar-refractivity contribution in [3.8, 4) is 0 Å². The van der Waals surface area contributed by atoms with Gasteiger partial charge >= 0.3 is 6.09 Å². The molecular formula is C16H31N3O3. The third-order valence-corrected chi connectivity index (χ3v) is 3.97. The Morgan fingerprint density at radius 1 is 1.23 bits per heavy atom. The Hall–Kier alpha value is -1.30. The van der Waals surface area contributed by atoms with Crippen LogP contribution in [0.1, 0.15) is 47.0 Å². The molecular weight excluding hydrogens is 282 g/mol. The molecule has 2 amide bonds. The molecule has 2 N–H and O–H groups in total. The molecule has 128 valence electrons. The van der Waals surface area contributed by atoms with Crippen molar-refractivity contribution >= 4 is 12.0 Å². The lowest BCUT2D eigenvalue weighted by atomic mass is 10.0. The van der Waals surface area contributed by atoms with Crippen LogP contribution in [0.4, 0.5) is 4.79 Å². The second-order valence-corrected chi connectivity index (χ2v) is 6.21. The third-order valence-electron chi connectivity index (χ3n) is 3.97. The van der Waals surface area contributed by atoms with Crippen LogP contribution in [-0.4, -0.2) is 55.2 Å². The first-order valence-electron chi connectivity index (χ1n) is 8.43. The summed E-state index contributed by atoms with van der Waals surface area (Å²) >= 11 is 0. The van der Waals surface area contributed by atoms with Gasteiger partial charge in [0, 0.05) is 19.1 Å². The van der Waals surface area contributed by atoms with Gasteiger partial charge < -0.3 is 20.3 Å². The average Bonchev–Trinajstić information content (AvgIpc) is 2.47. The van der Waals surface area contributed by atoms with Crippen LogP contribution in [0.3, 0.4) is 0 Å². The summed E-state index contributed by atoms with van der Waals surface area (Å²) in [6.07, 6.45) is 2.57. The second kappa shape index (κ2) is 9.66. The number of nitrogens with zero attached hydrogens (tertiary/aromatic N) is 1. The number of piperidine rings is 1. The van der Waals surface area contributed by atoms with E-state index in [0.29, 0.717) is 6.61 Å². The fourth-order valence-corrected chi connectivity index (χ4v) is 2.74. The van der Waals surface area contributed by atoms with Gasteiger partial charge in [0.05, 0.1) is 6.61 Å². The van der Waals surface area contributed by atoms with Crippen LogP contribution >= 0.6 is 0 Å². The molecule has 1 aliphatic rings. The minimum Gasteiger partial charge on any atom is -0.450 e. The van der Waals surface area contributed by atoms with E-state index < -0.39 is 12.1 Å². The van der Waals surface area contributed by atoms with Crippen LogP contribution in [0.15, 0.2) is 0 Å². The molecule has 0 aromatic carbocycles. The molecule has 0 aromatic rings. The third kappa shape index (κ3) is 6.22. The van der Waals surface area contributed by atoms with Crippen molar-refractivity contribution in [2.75, 3.05) is 26.2 Å². The molecule has 1 saturated heterocycles. The monoisotopic (exact) mass is 313 g/mol. The predicted octanol–water partition coefficient (Wildman–Crippen LogP) is 1.75. The van der Waals surface area contributed by atoms with E-state index in [0.717, 1.165) is 38.9 Å². The molecule has 1 heterocycles. The number of ether oxygens (including phenoxy) is 1. The van der Waals surface area contributed by atoms with Gasteiger partial charge in [-0.2, -0.15) is 0 Å². The van der Waals surface area contributed by atoms with Crippen LogP contribution in [0.5, 0.6) is 0 Å². The maximum atomic E-state index is 12.4. The van der Waals surface area contributed by atoms with Gasteiger partial charge in [-0.3, -0.25) is 4.79 Å². The Morgan fingerprint density at radius 2 is 1.86 bits per heavy atom. The average molecular weight is 313 g/mol. The summed E-state index contributed by atoms with van der Waals surface area (Å²) in [6.45, 7) is 11.2. The zero-order valence-corrected chi connectivity index (χ0v) is 14.4. The van der Waals surface area contributed by atoms with Crippen LogP contribution in [0.2, 0.25) is 0 Å². The highest BCUT2D eigenvalue weighted by Gasteiger charge is 2.28. The minimum atomic E-state index is -0.548. The standard InChI is InChI=1S/C16H31N3O3/c1-5-9-19-10-7-13(8-11-19)17-15(20)14(12(3)4)18-16(21)22-6-2/h12-14H,5-11H2,1-4H3,(H,17,20)(H,18,21). The van der Waals surface area contributed by atoms with Crippen LogP contribution < -0.4 is 10.6 Å². The van der Waals surface area contributed by atoms with Crippen LogP contribution in [0, 0.1) is 5.92 Å². The van der Waals surface area contributed by atoms with Gasteiger partial charge in [-0.15, -0.1) is 0 Å². The van der Waals surface area contributed by atoms with E-state index in [1.807, 2.05) is 13.8 Å². The zero-order valence-electron chi connectivity index (χ0n) is 14.4. The number of nitrogens with one attached hydrogen (secondary N) is 2. The first-order valence-corrected chi connectivity index (χ1v) is 8.43. The summed E-state index contributed by atoms with van der Waals surface area (Å²) in [5.74, 6) is -0.0958. The maximum absolute atomic E-state index is 12.4. The normalized spacial score (nSPS) is 18.0. The topological polar surface area (TPSA) is 70.7 Å². The van der Waals surface area contributed by atoms with Gasteiger partial charge in [-0.05, 0) is 38.6 Å². The zero-order chi connectivity index (χ0) is 16.5. The van der Waals surface area contributed by atoms with E-state index in [-0.39, 0.29) is 17.9 Å². The fourth-order valence-electron chi connectivity index (χ4n) is 2.74. The van der Waals surface area contributed by atoms with E-state index in [1.165, 1.54) is 0 Å². The molecule has 0 bridgehead atoms. The molecule has 1 fully saturated rings. The summed E-state index contributed by atoms with van der Waals surface area (Å²) in [5.41, 5.74) is 0. The number of hydrogen-bond donors (Lipinski definition) is 2. The number of rotatable bonds is 7. The molecule has 1 aliphatic heterocycles. The highest BCUT2D eigenvalue weighted by atomic mass is 16.5. The summed E-state index contributed by atoms with van der Waals surface area (Å²) in [5, 5.41) is 5.73. The molecule has 22 heavy (non-hydrogen) atoms. The Morgan fingerprint density at radius 3 is 2.36 bits per heavy atom. The van der Waals surface area contributed by atoms with Crippen molar-refractivity contribution in [3.63, 3.8) is 0 Å². The Bertz CT molecular complexity index is 353. The van der Waals surface area contributed by atoms with Gasteiger partial charge in [0.2, 0.25) is 5.91 Å². The van der Waals surface area contributed by atoms with Crippen molar-refractivity contribution in [2.45, 2.75) is 59.0 Å².